The van der Waals surface area contributed by atoms with E-state index >= 15 is 0 Å². The van der Waals surface area contributed by atoms with Gasteiger partial charge in [-0.15, -0.1) is 0 Å². The molecule has 5 heteroatoms. The summed E-state index contributed by atoms with van der Waals surface area (Å²) in [6.07, 6.45) is 6.57. The van der Waals surface area contributed by atoms with E-state index in [1.807, 2.05) is 4.90 Å². The molecule has 5 saturated carbocycles. The number of aliphatic hydroxyl groups is 1. The van der Waals surface area contributed by atoms with Crippen LogP contribution in [0.15, 0.2) is 4.99 Å². The number of nitriles is 1. The number of piperidine rings is 1. The van der Waals surface area contributed by atoms with Crippen LogP contribution >= 0.6 is 0 Å². The largest absolute Gasteiger partial charge is 0.390 e. The maximum atomic E-state index is 13.2. The molecule has 8 atom stereocenters. The first-order chi connectivity index (χ1) is 11.0. The lowest BCUT2D eigenvalue weighted by Gasteiger charge is -2.66. The van der Waals surface area contributed by atoms with E-state index in [4.69, 9.17) is 4.99 Å². The van der Waals surface area contributed by atoms with Crippen LogP contribution in [0.25, 0.3) is 0 Å². The monoisotopic (exact) mass is 311 g/mol. The highest BCUT2D eigenvalue weighted by Gasteiger charge is 2.70. The topological polar surface area (TPSA) is 76.7 Å². The van der Waals surface area contributed by atoms with Crippen LogP contribution in [0.3, 0.4) is 0 Å². The zero-order valence-electron chi connectivity index (χ0n) is 13.1. The summed E-state index contributed by atoms with van der Waals surface area (Å²) in [4.78, 5) is 19.8. The third-order valence-corrected chi connectivity index (χ3v) is 7.64. The van der Waals surface area contributed by atoms with Gasteiger partial charge in [-0.1, -0.05) is 0 Å². The van der Waals surface area contributed by atoms with Gasteiger partial charge in [-0.2, -0.15) is 5.26 Å². The van der Waals surface area contributed by atoms with Crippen molar-refractivity contribution in [3.05, 3.63) is 0 Å². The first-order valence-electron chi connectivity index (χ1n) is 9.05. The van der Waals surface area contributed by atoms with E-state index in [1.165, 1.54) is 5.71 Å². The van der Waals surface area contributed by atoms with Crippen LogP contribution in [0.1, 0.15) is 44.9 Å². The second kappa shape index (κ2) is 3.64. The zero-order chi connectivity index (χ0) is 15.6. The first-order valence-corrected chi connectivity index (χ1v) is 9.05. The summed E-state index contributed by atoms with van der Waals surface area (Å²) in [5.74, 6) is 1.59. The highest BCUT2D eigenvalue weighted by molar-refractivity contribution is 6.07. The predicted molar refractivity (Wildman–Crippen MR) is 81.4 cm³/mol. The maximum absolute atomic E-state index is 13.2. The smallest absolute Gasteiger partial charge is 0.249 e. The Kier molecular flexibility index (Phi) is 2.05. The number of hydrogen-bond acceptors (Lipinski definition) is 4. The summed E-state index contributed by atoms with van der Waals surface area (Å²) in [6.45, 7) is 0. The van der Waals surface area contributed by atoms with Gasteiger partial charge in [0.1, 0.15) is 12.1 Å². The fourth-order valence-electron chi connectivity index (χ4n) is 7.03. The summed E-state index contributed by atoms with van der Waals surface area (Å²) in [5, 5.41) is 20.3. The number of likely N-dealkylation sites (tertiary alicyclic amines) is 1. The van der Waals surface area contributed by atoms with Gasteiger partial charge in [0.15, 0.2) is 0 Å². The predicted octanol–water partition coefficient (Wildman–Crippen LogP) is 1.26. The lowest BCUT2D eigenvalue weighted by Crippen LogP contribution is -2.71. The van der Waals surface area contributed by atoms with E-state index in [2.05, 4.69) is 6.07 Å². The van der Waals surface area contributed by atoms with E-state index in [0.29, 0.717) is 23.8 Å². The molecule has 0 aromatic rings. The Bertz CT molecular complexity index is 712. The van der Waals surface area contributed by atoms with Gasteiger partial charge in [-0.05, 0) is 56.8 Å². The Morgan fingerprint density at radius 3 is 2.96 bits per heavy atom. The molecule has 4 bridgehead atoms. The van der Waals surface area contributed by atoms with E-state index in [-0.39, 0.29) is 23.4 Å². The molecule has 1 N–H and O–H groups in total. The van der Waals surface area contributed by atoms with Crippen molar-refractivity contribution in [2.45, 2.75) is 68.7 Å². The standard InChI is InChI=1S/C18H21N3O2/c19-7-12-2-10-3-13(10)21(12)16(22)15-18-5-9-1-11(14(18)20-15)6-17(23,4-9)8-18/h9-13,15,23H,1-6,8H2. The summed E-state index contributed by atoms with van der Waals surface area (Å²) < 4.78 is 0. The van der Waals surface area contributed by atoms with Crippen molar-refractivity contribution < 1.29 is 9.90 Å². The molecule has 8 unspecified atom stereocenters. The highest BCUT2D eigenvalue weighted by atomic mass is 16.3. The molecule has 0 aromatic carbocycles. The van der Waals surface area contributed by atoms with Crippen LogP contribution in [0.5, 0.6) is 0 Å². The molecule has 2 heterocycles. The number of rotatable bonds is 1. The number of nitrogens with zero attached hydrogens (tertiary/aromatic N) is 3. The molecule has 23 heavy (non-hydrogen) atoms. The van der Waals surface area contributed by atoms with Crippen LogP contribution < -0.4 is 0 Å². The quantitative estimate of drug-likeness (QED) is 0.792. The summed E-state index contributed by atoms with van der Waals surface area (Å²) in [5.41, 5.74) is 0.505. The highest BCUT2D eigenvalue weighted by Crippen LogP contribution is 2.65. The molecule has 1 spiro atoms. The van der Waals surface area contributed by atoms with Crippen LogP contribution in [0, 0.1) is 34.5 Å². The molecule has 7 aliphatic rings. The van der Waals surface area contributed by atoms with Gasteiger partial charge in [0, 0.05) is 23.1 Å². The molecule has 1 amide bonds. The molecule has 0 aromatic heterocycles. The molecule has 6 fully saturated rings. The fourth-order valence-corrected chi connectivity index (χ4v) is 7.03. The minimum absolute atomic E-state index is 0.0795. The van der Waals surface area contributed by atoms with Crippen LogP contribution in [-0.2, 0) is 4.79 Å². The van der Waals surface area contributed by atoms with E-state index in [0.717, 1.165) is 44.9 Å². The van der Waals surface area contributed by atoms with E-state index in [9.17, 15) is 15.2 Å². The maximum Gasteiger partial charge on any atom is 0.249 e. The van der Waals surface area contributed by atoms with Crippen LogP contribution in [0.2, 0.25) is 0 Å². The Labute approximate surface area is 135 Å². The molecule has 5 nitrogen and oxygen atoms in total. The SMILES string of the molecule is N#CC1CC2CC2N1C(=O)C1N=C2C3CC4CC(O)(C3)CC21C4. The second-order valence-electron chi connectivity index (χ2n) is 9.07. The van der Waals surface area contributed by atoms with E-state index < -0.39 is 5.60 Å². The van der Waals surface area contributed by atoms with Gasteiger partial charge < -0.3 is 10.0 Å². The Hall–Kier alpha value is -1.41. The molecule has 0 radical (unpaired) electrons. The van der Waals surface area contributed by atoms with Crippen LogP contribution in [0.4, 0.5) is 0 Å². The van der Waals surface area contributed by atoms with Gasteiger partial charge >= 0.3 is 0 Å². The van der Waals surface area contributed by atoms with Crippen molar-refractivity contribution in [1.29, 1.82) is 5.26 Å². The summed E-state index contributed by atoms with van der Waals surface area (Å²) in [7, 11) is 0. The van der Waals surface area contributed by atoms with Gasteiger partial charge in [0.05, 0.1) is 11.7 Å². The lowest BCUT2D eigenvalue weighted by atomic mass is 9.43. The van der Waals surface area contributed by atoms with Crippen molar-refractivity contribution >= 4 is 11.6 Å². The average Bonchev–Trinajstić information content (AvgIpc) is 3.13. The van der Waals surface area contributed by atoms with Gasteiger partial charge in [0.25, 0.3) is 0 Å². The minimum Gasteiger partial charge on any atom is -0.390 e. The van der Waals surface area contributed by atoms with Gasteiger partial charge in [0.2, 0.25) is 5.91 Å². The number of aliphatic imine (C=N–C) groups is 1. The number of hydrogen-bond donors (Lipinski definition) is 1. The fraction of sp³-hybridized carbons (Fsp3) is 0.833. The molecule has 7 rings (SSSR count). The lowest BCUT2D eigenvalue weighted by molar-refractivity contribution is -0.150. The van der Waals surface area contributed by atoms with Crippen molar-refractivity contribution in [2.24, 2.45) is 28.2 Å². The third-order valence-electron chi connectivity index (χ3n) is 7.64. The minimum atomic E-state index is -0.564. The summed E-state index contributed by atoms with van der Waals surface area (Å²) >= 11 is 0. The molecule has 120 valence electrons. The molecular weight excluding hydrogens is 290 g/mol. The molecule has 2 aliphatic heterocycles. The Morgan fingerprint density at radius 2 is 2.17 bits per heavy atom. The molecule has 1 saturated heterocycles. The number of fused-ring (bicyclic) bond motifs is 1. The van der Waals surface area contributed by atoms with Crippen molar-refractivity contribution in [3.8, 4) is 6.07 Å². The van der Waals surface area contributed by atoms with Crippen LogP contribution in [-0.4, -0.2) is 45.4 Å². The van der Waals surface area contributed by atoms with Crippen molar-refractivity contribution in [3.63, 3.8) is 0 Å². The van der Waals surface area contributed by atoms with Gasteiger partial charge in [-0.25, -0.2) is 0 Å². The van der Waals surface area contributed by atoms with Gasteiger partial charge in [-0.3, -0.25) is 9.79 Å². The number of carbonyl (C=O) groups excluding carboxylic acids is 1. The Balaban J connectivity index is 1.37. The van der Waals surface area contributed by atoms with E-state index in [1.54, 1.807) is 0 Å². The molecule has 5 aliphatic carbocycles. The number of amides is 1. The summed E-state index contributed by atoms with van der Waals surface area (Å²) in [6, 6.07) is 2.05. The Morgan fingerprint density at radius 1 is 1.30 bits per heavy atom. The molecular formula is C18H21N3O2. The van der Waals surface area contributed by atoms with Crippen molar-refractivity contribution in [2.75, 3.05) is 0 Å². The normalized spacial score (nSPS) is 57.2. The average molecular weight is 311 g/mol. The first kappa shape index (κ1) is 12.9. The number of carbonyl (C=O) groups is 1. The van der Waals surface area contributed by atoms with Crippen molar-refractivity contribution in [1.82, 2.24) is 4.90 Å². The third kappa shape index (κ3) is 1.39. The zero-order valence-corrected chi connectivity index (χ0v) is 13.1. The second-order valence-corrected chi connectivity index (χ2v) is 9.07.